The Morgan fingerprint density at radius 1 is 0.903 bits per heavy atom. The largest absolute Gasteiger partial charge is 0.463 e. The number of hydrogen-bond donors (Lipinski definition) is 1. The van der Waals surface area contributed by atoms with Crippen LogP contribution in [0.1, 0.15) is 85.5 Å². The highest BCUT2D eigenvalue weighted by Crippen LogP contribution is 2.68. The first kappa shape index (κ1) is 22.8. The van der Waals surface area contributed by atoms with E-state index < -0.39 is 17.0 Å². The minimum absolute atomic E-state index is 0.0523. The fraction of sp³-hybridized carbons (Fsp3) is 0.880. The van der Waals surface area contributed by atoms with Crippen LogP contribution in [0.2, 0.25) is 0 Å². The lowest BCUT2D eigenvalue weighted by atomic mass is 9.44. The third-order valence-electron chi connectivity index (χ3n) is 9.97. The van der Waals surface area contributed by atoms with Gasteiger partial charge in [-0.2, -0.15) is 0 Å². The standard InChI is InChI=1S/C25H38O6/c1-15(26)30-14-22(28)25(29)12-9-21-19-6-5-17-13-18(31-16(2)27)7-10-23(17,3)20(19)8-11-24(21,25)4/h17-21,29H,5-14H2,1-4H3/t17?,18-,19+,20-,21-,23-,24-,25-/m0/s1. The summed E-state index contributed by atoms with van der Waals surface area (Å²) in [5.41, 5.74) is -1.62. The lowest BCUT2D eigenvalue weighted by Gasteiger charge is -2.61. The Hall–Kier alpha value is -1.43. The number of aliphatic hydroxyl groups is 1. The second kappa shape index (κ2) is 7.86. The van der Waals surface area contributed by atoms with Gasteiger partial charge in [0, 0.05) is 19.3 Å². The van der Waals surface area contributed by atoms with E-state index in [-0.39, 0.29) is 29.9 Å². The Balaban J connectivity index is 1.52. The van der Waals surface area contributed by atoms with Crippen LogP contribution < -0.4 is 0 Å². The van der Waals surface area contributed by atoms with Gasteiger partial charge in [-0.25, -0.2) is 0 Å². The van der Waals surface area contributed by atoms with Crippen molar-refractivity contribution in [2.45, 2.75) is 97.2 Å². The average Bonchev–Trinajstić information content (AvgIpc) is 2.98. The van der Waals surface area contributed by atoms with Crippen molar-refractivity contribution in [3.05, 3.63) is 0 Å². The van der Waals surface area contributed by atoms with Gasteiger partial charge in [-0.05, 0) is 86.9 Å². The van der Waals surface area contributed by atoms with Crippen LogP contribution in [0.15, 0.2) is 0 Å². The molecule has 0 spiro atoms. The third-order valence-corrected chi connectivity index (χ3v) is 9.97. The Labute approximate surface area is 185 Å². The van der Waals surface area contributed by atoms with Crippen LogP contribution in [0, 0.1) is 34.5 Å². The average molecular weight is 435 g/mol. The van der Waals surface area contributed by atoms with E-state index in [0.717, 1.165) is 51.4 Å². The molecule has 0 heterocycles. The number of fused-ring (bicyclic) bond motifs is 5. The highest BCUT2D eigenvalue weighted by atomic mass is 16.5. The van der Waals surface area contributed by atoms with E-state index in [0.29, 0.717) is 30.1 Å². The van der Waals surface area contributed by atoms with Gasteiger partial charge >= 0.3 is 11.9 Å². The maximum atomic E-state index is 12.9. The number of carbonyl (C=O) groups is 3. The number of Topliss-reactive ketones (excluding diaryl/α,β-unsaturated/α-hetero) is 1. The summed E-state index contributed by atoms with van der Waals surface area (Å²) in [5.74, 6) is 0.987. The molecule has 0 aromatic rings. The summed E-state index contributed by atoms with van der Waals surface area (Å²) in [5, 5.41) is 11.5. The van der Waals surface area contributed by atoms with Crippen LogP contribution in [0.25, 0.3) is 0 Å². The molecule has 0 radical (unpaired) electrons. The molecule has 0 aromatic heterocycles. The summed E-state index contributed by atoms with van der Waals surface area (Å²) >= 11 is 0. The maximum Gasteiger partial charge on any atom is 0.303 e. The zero-order valence-corrected chi connectivity index (χ0v) is 19.4. The van der Waals surface area contributed by atoms with Crippen molar-refractivity contribution in [3.63, 3.8) is 0 Å². The van der Waals surface area contributed by atoms with Crippen molar-refractivity contribution >= 4 is 17.7 Å². The lowest BCUT2D eigenvalue weighted by molar-refractivity contribution is -0.179. The second-order valence-electron chi connectivity index (χ2n) is 11.2. The SMILES string of the molecule is CC(=O)OCC(=O)[C@@]1(O)CC[C@H]2[C@@H]3CCC4C[C@@H](OC(C)=O)CC[C@]4(C)[C@H]3CC[C@@]21C. The molecule has 4 aliphatic rings. The highest BCUT2D eigenvalue weighted by Gasteiger charge is 2.66. The van der Waals surface area contributed by atoms with Crippen molar-refractivity contribution in [2.75, 3.05) is 6.61 Å². The van der Waals surface area contributed by atoms with Gasteiger partial charge in [-0.1, -0.05) is 13.8 Å². The summed E-state index contributed by atoms with van der Waals surface area (Å²) < 4.78 is 10.5. The second-order valence-corrected chi connectivity index (χ2v) is 11.2. The zero-order chi connectivity index (χ0) is 22.6. The van der Waals surface area contributed by atoms with Crippen LogP contribution in [-0.4, -0.2) is 41.1 Å². The molecule has 6 heteroatoms. The van der Waals surface area contributed by atoms with Gasteiger partial charge in [-0.3, -0.25) is 14.4 Å². The molecule has 4 fully saturated rings. The predicted molar refractivity (Wildman–Crippen MR) is 114 cm³/mol. The number of rotatable bonds is 4. The molecule has 0 aromatic carbocycles. The van der Waals surface area contributed by atoms with Crippen LogP contribution in [0.5, 0.6) is 0 Å². The topological polar surface area (TPSA) is 89.9 Å². The Morgan fingerprint density at radius 2 is 1.61 bits per heavy atom. The summed E-state index contributed by atoms with van der Waals surface area (Å²) in [6, 6.07) is 0. The summed E-state index contributed by atoms with van der Waals surface area (Å²) in [4.78, 5) is 35.6. The smallest absolute Gasteiger partial charge is 0.303 e. The van der Waals surface area contributed by atoms with E-state index in [1.807, 2.05) is 0 Å². The van der Waals surface area contributed by atoms with E-state index in [9.17, 15) is 19.5 Å². The van der Waals surface area contributed by atoms with Gasteiger partial charge in [0.2, 0.25) is 5.78 Å². The minimum Gasteiger partial charge on any atom is -0.463 e. The molecule has 6 nitrogen and oxygen atoms in total. The number of hydrogen-bond acceptors (Lipinski definition) is 6. The van der Waals surface area contributed by atoms with Crippen LogP contribution in [-0.2, 0) is 23.9 Å². The molecule has 1 unspecified atom stereocenters. The fourth-order valence-corrected chi connectivity index (χ4v) is 8.32. The maximum absolute atomic E-state index is 12.9. The fourth-order valence-electron chi connectivity index (χ4n) is 8.32. The molecule has 0 bridgehead atoms. The van der Waals surface area contributed by atoms with E-state index in [1.54, 1.807) is 0 Å². The molecule has 4 rings (SSSR count). The first-order valence-electron chi connectivity index (χ1n) is 12.1. The van der Waals surface area contributed by atoms with Crippen LogP contribution in [0.4, 0.5) is 0 Å². The van der Waals surface area contributed by atoms with Crippen molar-refractivity contribution in [1.82, 2.24) is 0 Å². The molecule has 31 heavy (non-hydrogen) atoms. The Morgan fingerprint density at radius 3 is 2.29 bits per heavy atom. The van der Waals surface area contributed by atoms with Gasteiger partial charge in [0.05, 0.1) is 0 Å². The lowest BCUT2D eigenvalue weighted by Crippen LogP contribution is -2.59. The quantitative estimate of drug-likeness (QED) is 0.677. The number of esters is 2. The van der Waals surface area contributed by atoms with Crippen molar-refractivity contribution in [3.8, 4) is 0 Å². The highest BCUT2D eigenvalue weighted by molar-refractivity contribution is 5.90. The summed E-state index contributed by atoms with van der Waals surface area (Å²) in [6.07, 6.45) is 8.45. The normalized spacial score (nSPS) is 46.3. The van der Waals surface area contributed by atoms with Crippen LogP contribution in [0.3, 0.4) is 0 Å². The van der Waals surface area contributed by atoms with Gasteiger partial charge < -0.3 is 14.6 Å². The Bertz CT molecular complexity index is 763. The first-order chi connectivity index (χ1) is 14.5. The van der Waals surface area contributed by atoms with Gasteiger partial charge in [0.15, 0.2) is 6.61 Å². The number of carbonyl (C=O) groups excluding carboxylic acids is 3. The molecule has 4 saturated carbocycles. The molecule has 0 amide bonds. The van der Waals surface area contributed by atoms with E-state index in [1.165, 1.54) is 13.8 Å². The van der Waals surface area contributed by atoms with Crippen LogP contribution >= 0.6 is 0 Å². The van der Waals surface area contributed by atoms with E-state index in [2.05, 4.69) is 13.8 Å². The molecule has 8 atom stereocenters. The predicted octanol–water partition coefficient (Wildman–Crippen LogP) is 3.82. The van der Waals surface area contributed by atoms with Gasteiger partial charge in [-0.15, -0.1) is 0 Å². The van der Waals surface area contributed by atoms with Crippen molar-refractivity contribution in [1.29, 1.82) is 0 Å². The molecule has 1 N–H and O–H groups in total. The minimum atomic E-state index is -1.40. The molecule has 0 saturated heterocycles. The molecular weight excluding hydrogens is 396 g/mol. The van der Waals surface area contributed by atoms with Crippen molar-refractivity contribution in [2.24, 2.45) is 34.5 Å². The summed E-state index contributed by atoms with van der Waals surface area (Å²) in [6.45, 7) is 6.99. The number of ketones is 1. The zero-order valence-electron chi connectivity index (χ0n) is 19.4. The van der Waals surface area contributed by atoms with Crippen molar-refractivity contribution < 1.29 is 29.0 Å². The third kappa shape index (κ3) is 3.53. The van der Waals surface area contributed by atoms with E-state index in [4.69, 9.17) is 9.47 Å². The molecular formula is C25H38O6. The van der Waals surface area contributed by atoms with Gasteiger partial charge in [0.25, 0.3) is 0 Å². The monoisotopic (exact) mass is 434 g/mol. The first-order valence-corrected chi connectivity index (χ1v) is 12.1. The Kier molecular flexibility index (Phi) is 5.77. The van der Waals surface area contributed by atoms with Gasteiger partial charge in [0.1, 0.15) is 11.7 Å². The molecule has 4 aliphatic carbocycles. The molecule has 0 aliphatic heterocycles. The molecule has 174 valence electrons. The number of ether oxygens (including phenoxy) is 2. The van der Waals surface area contributed by atoms with E-state index >= 15 is 0 Å². The summed E-state index contributed by atoms with van der Waals surface area (Å²) in [7, 11) is 0.